The van der Waals surface area contributed by atoms with Crippen LogP contribution in [0, 0.1) is 0 Å². The Balaban J connectivity index is 1.73. The number of rotatable bonds is 6. The van der Waals surface area contributed by atoms with Crippen LogP contribution in [0.2, 0.25) is 0 Å². The third-order valence-electron chi connectivity index (χ3n) is 4.62. The molecule has 1 aliphatic heterocycles. The Morgan fingerprint density at radius 3 is 2.41 bits per heavy atom. The predicted octanol–water partition coefficient (Wildman–Crippen LogP) is 2.85. The van der Waals surface area contributed by atoms with E-state index in [0.29, 0.717) is 18.5 Å². The number of anilines is 1. The van der Waals surface area contributed by atoms with Gasteiger partial charge in [-0.3, -0.25) is 14.4 Å². The topological polar surface area (TPSA) is 75.7 Å². The fourth-order valence-electron chi connectivity index (χ4n) is 3.14. The van der Waals surface area contributed by atoms with Crippen LogP contribution >= 0.6 is 0 Å². The lowest BCUT2D eigenvalue weighted by Crippen LogP contribution is -2.30. The molecule has 1 aliphatic rings. The summed E-state index contributed by atoms with van der Waals surface area (Å²) in [4.78, 5) is 37.9. The molecular formula is C21H22N2O4. The first-order valence-corrected chi connectivity index (χ1v) is 8.91. The van der Waals surface area contributed by atoms with Crippen LogP contribution in [0.25, 0.3) is 0 Å². The number of methoxy groups -OCH3 is 1. The van der Waals surface area contributed by atoms with E-state index in [1.54, 1.807) is 29.2 Å². The maximum absolute atomic E-state index is 12.7. The molecule has 0 radical (unpaired) electrons. The number of esters is 1. The Kier molecular flexibility index (Phi) is 5.86. The van der Waals surface area contributed by atoms with Crippen LogP contribution in [0.4, 0.5) is 5.69 Å². The van der Waals surface area contributed by atoms with E-state index in [0.717, 1.165) is 17.7 Å². The molecule has 2 aromatic carbocycles. The van der Waals surface area contributed by atoms with Crippen molar-refractivity contribution in [3.8, 4) is 0 Å². The Hall–Kier alpha value is -3.15. The number of nitrogens with zero attached hydrogens (tertiary/aromatic N) is 1. The van der Waals surface area contributed by atoms with Gasteiger partial charge >= 0.3 is 5.97 Å². The van der Waals surface area contributed by atoms with Gasteiger partial charge in [-0.05, 0) is 36.2 Å². The molecule has 0 spiro atoms. The van der Waals surface area contributed by atoms with Gasteiger partial charge in [0.15, 0.2) is 0 Å². The third-order valence-corrected chi connectivity index (χ3v) is 4.62. The van der Waals surface area contributed by atoms with Crippen molar-refractivity contribution >= 4 is 23.5 Å². The molecule has 0 aliphatic carbocycles. The summed E-state index contributed by atoms with van der Waals surface area (Å²) in [5.41, 5.74) is 2.09. The first-order chi connectivity index (χ1) is 13.1. The Bertz CT molecular complexity index is 818. The van der Waals surface area contributed by atoms with Gasteiger partial charge in [-0.15, -0.1) is 0 Å². The monoisotopic (exact) mass is 366 g/mol. The second kappa shape index (κ2) is 8.49. The largest absolute Gasteiger partial charge is 0.469 e. The van der Waals surface area contributed by atoms with Gasteiger partial charge in [0.25, 0.3) is 5.91 Å². The van der Waals surface area contributed by atoms with Crippen molar-refractivity contribution in [2.75, 3.05) is 18.6 Å². The molecule has 1 fully saturated rings. The molecule has 1 heterocycles. The molecule has 0 saturated carbocycles. The van der Waals surface area contributed by atoms with Crippen molar-refractivity contribution in [2.45, 2.75) is 25.3 Å². The van der Waals surface area contributed by atoms with Crippen LogP contribution in [0.5, 0.6) is 0 Å². The van der Waals surface area contributed by atoms with E-state index in [1.165, 1.54) is 7.11 Å². The molecular weight excluding hydrogens is 344 g/mol. The number of amides is 2. The van der Waals surface area contributed by atoms with E-state index < -0.39 is 12.0 Å². The number of hydrogen-bond donors (Lipinski definition) is 1. The van der Waals surface area contributed by atoms with Gasteiger partial charge in [-0.1, -0.05) is 30.3 Å². The number of hydrogen-bond acceptors (Lipinski definition) is 4. The van der Waals surface area contributed by atoms with E-state index >= 15 is 0 Å². The highest BCUT2D eigenvalue weighted by Gasteiger charge is 2.23. The quantitative estimate of drug-likeness (QED) is 0.798. The number of benzene rings is 2. The summed E-state index contributed by atoms with van der Waals surface area (Å²) < 4.78 is 4.74. The Morgan fingerprint density at radius 2 is 1.81 bits per heavy atom. The van der Waals surface area contributed by atoms with Gasteiger partial charge in [-0.25, -0.2) is 0 Å². The van der Waals surface area contributed by atoms with Crippen molar-refractivity contribution < 1.29 is 19.1 Å². The van der Waals surface area contributed by atoms with E-state index in [2.05, 4.69) is 5.32 Å². The molecule has 1 atom stereocenters. The molecule has 2 aromatic rings. The number of nitrogens with one attached hydrogen (secondary N) is 1. The van der Waals surface area contributed by atoms with Crippen molar-refractivity contribution in [1.29, 1.82) is 0 Å². The zero-order chi connectivity index (χ0) is 19.2. The highest BCUT2D eigenvalue weighted by atomic mass is 16.5. The van der Waals surface area contributed by atoms with Crippen molar-refractivity contribution in [2.24, 2.45) is 0 Å². The second-order valence-electron chi connectivity index (χ2n) is 6.41. The van der Waals surface area contributed by atoms with Crippen LogP contribution in [0.3, 0.4) is 0 Å². The predicted molar refractivity (Wildman–Crippen MR) is 101 cm³/mol. The average molecular weight is 366 g/mol. The van der Waals surface area contributed by atoms with Gasteiger partial charge in [-0.2, -0.15) is 0 Å². The van der Waals surface area contributed by atoms with E-state index in [9.17, 15) is 14.4 Å². The van der Waals surface area contributed by atoms with Gasteiger partial charge in [0.1, 0.15) is 0 Å². The zero-order valence-electron chi connectivity index (χ0n) is 15.2. The van der Waals surface area contributed by atoms with Crippen molar-refractivity contribution in [3.63, 3.8) is 0 Å². The third kappa shape index (κ3) is 4.53. The fourth-order valence-corrected chi connectivity index (χ4v) is 3.14. The van der Waals surface area contributed by atoms with E-state index in [4.69, 9.17) is 4.74 Å². The average Bonchev–Trinajstić information content (AvgIpc) is 3.14. The van der Waals surface area contributed by atoms with Crippen molar-refractivity contribution in [3.05, 3.63) is 65.7 Å². The van der Waals surface area contributed by atoms with Gasteiger partial charge in [0, 0.05) is 24.2 Å². The highest BCUT2D eigenvalue weighted by molar-refractivity contribution is 5.97. The van der Waals surface area contributed by atoms with Gasteiger partial charge in [0.05, 0.1) is 19.6 Å². The van der Waals surface area contributed by atoms with Crippen LogP contribution < -0.4 is 10.2 Å². The van der Waals surface area contributed by atoms with Crippen LogP contribution in [0.15, 0.2) is 54.6 Å². The normalized spacial score (nSPS) is 14.7. The summed E-state index contributed by atoms with van der Waals surface area (Å²) in [6, 6.07) is 15.7. The van der Waals surface area contributed by atoms with Crippen LogP contribution in [-0.2, 0) is 14.3 Å². The van der Waals surface area contributed by atoms with Crippen molar-refractivity contribution in [1.82, 2.24) is 5.32 Å². The molecule has 1 saturated heterocycles. The summed E-state index contributed by atoms with van der Waals surface area (Å²) in [5.74, 6) is -0.575. The maximum Gasteiger partial charge on any atom is 0.307 e. The molecule has 1 unspecified atom stereocenters. The molecule has 2 amide bonds. The zero-order valence-corrected chi connectivity index (χ0v) is 15.2. The molecule has 1 N–H and O–H groups in total. The fraction of sp³-hybridized carbons (Fsp3) is 0.286. The molecule has 140 valence electrons. The molecule has 6 heteroatoms. The first kappa shape index (κ1) is 18.6. The first-order valence-electron chi connectivity index (χ1n) is 8.91. The summed E-state index contributed by atoms with van der Waals surface area (Å²) in [6.45, 7) is 0.708. The summed E-state index contributed by atoms with van der Waals surface area (Å²) in [5, 5.41) is 2.89. The molecule has 3 rings (SSSR count). The lowest BCUT2D eigenvalue weighted by atomic mass is 10.0. The number of carbonyl (C=O) groups is 3. The van der Waals surface area contributed by atoms with E-state index in [1.807, 2.05) is 30.3 Å². The van der Waals surface area contributed by atoms with Crippen LogP contribution in [-0.4, -0.2) is 31.4 Å². The minimum atomic E-state index is -0.481. The van der Waals surface area contributed by atoms with Gasteiger partial charge in [0.2, 0.25) is 5.91 Å². The molecule has 6 nitrogen and oxygen atoms in total. The lowest BCUT2D eigenvalue weighted by Gasteiger charge is -2.19. The molecule has 0 bridgehead atoms. The SMILES string of the molecule is COC(=O)CC(NC(=O)c1ccc(N2CCCC2=O)cc1)c1ccccc1. The van der Waals surface area contributed by atoms with Gasteiger partial charge < -0.3 is 15.0 Å². The summed E-state index contributed by atoms with van der Waals surface area (Å²) in [7, 11) is 1.32. The minimum absolute atomic E-state index is 0.0482. The standard InChI is InChI=1S/C21H22N2O4/c1-27-20(25)14-18(15-6-3-2-4-7-15)22-21(26)16-9-11-17(12-10-16)23-13-5-8-19(23)24/h2-4,6-7,9-12,18H,5,8,13-14H2,1H3,(H,22,26). The summed E-state index contributed by atoms with van der Waals surface area (Å²) >= 11 is 0. The number of carbonyl (C=O) groups excluding carboxylic acids is 3. The number of ether oxygens (including phenoxy) is 1. The summed E-state index contributed by atoms with van der Waals surface area (Å²) in [6.07, 6.45) is 1.47. The maximum atomic E-state index is 12.7. The molecule has 27 heavy (non-hydrogen) atoms. The highest BCUT2D eigenvalue weighted by Crippen LogP contribution is 2.22. The molecule has 0 aromatic heterocycles. The Labute approximate surface area is 158 Å². The lowest BCUT2D eigenvalue weighted by molar-refractivity contribution is -0.141. The Morgan fingerprint density at radius 1 is 1.11 bits per heavy atom. The second-order valence-corrected chi connectivity index (χ2v) is 6.41. The van der Waals surface area contributed by atoms with E-state index in [-0.39, 0.29) is 18.2 Å². The smallest absolute Gasteiger partial charge is 0.307 e. The van der Waals surface area contributed by atoms with Crippen LogP contribution in [0.1, 0.15) is 41.2 Å². The minimum Gasteiger partial charge on any atom is -0.469 e.